The fraction of sp³-hybridized carbons (Fsp3) is 0.0800. The van der Waals surface area contributed by atoms with Gasteiger partial charge in [0.2, 0.25) is 0 Å². The Kier molecular flexibility index (Phi) is 6.05. The first-order valence-corrected chi connectivity index (χ1v) is 10.2. The van der Waals surface area contributed by atoms with Crippen molar-refractivity contribution in [3.8, 4) is 5.75 Å². The molecule has 4 amide bonds. The predicted molar refractivity (Wildman–Crippen MR) is 122 cm³/mol. The number of carbonyl (C=O) groups excluding carboxylic acids is 3. The monoisotopic (exact) mass is 446 g/mol. The number of anilines is 1. The summed E-state index contributed by atoms with van der Waals surface area (Å²) in [7, 11) is 0. The van der Waals surface area contributed by atoms with Crippen molar-refractivity contribution in [1.82, 2.24) is 5.32 Å². The van der Waals surface area contributed by atoms with Gasteiger partial charge >= 0.3 is 6.03 Å². The van der Waals surface area contributed by atoms with Crippen LogP contribution in [-0.2, 0) is 16.2 Å². The Bertz CT molecular complexity index is 1230. The van der Waals surface area contributed by atoms with Gasteiger partial charge in [0.15, 0.2) is 0 Å². The van der Waals surface area contributed by atoms with Gasteiger partial charge in [-0.05, 0) is 54.5 Å². The molecule has 3 aromatic carbocycles. The molecule has 0 aromatic heterocycles. The molecule has 0 atom stereocenters. The summed E-state index contributed by atoms with van der Waals surface area (Å²) in [6, 6.07) is 20.5. The number of rotatable bonds is 5. The molecule has 1 N–H and O–H groups in total. The number of amides is 4. The van der Waals surface area contributed by atoms with Crippen LogP contribution in [0.2, 0.25) is 5.02 Å². The van der Waals surface area contributed by atoms with Gasteiger partial charge in [-0.25, -0.2) is 9.69 Å². The number of halogens is 1. The Balaban J connectivity index is 1.57. The molecule has 4 rings (SSSR count). The van der Waals surface area contributed by atoms with Crippen LogP contribution < -0.4 is 15.0 Å². The molecule has 1 fully saturated rings. The molecule has 0 saturated carbocycles. The van der Waals surface area contributed by atoms with E-state index in [1.165, 1.54) is 17.7 Å². The SMILES string of the molecule is Cc1ccc(COc2cccc(/C=C3/C(=O)NC(=O)N(c4cccc(Cl)c4)C3=O)c2)cc1. The van der Waals surface area contributed by atoms with Gasteiger partial charge < -0.3 is 4.74 Å². The lowest BCUT2D eigenvalue weighted by Gasteiger charge is -2.26. The highest BCUT2D eigenvalue weighted by atomic mass is 35.5. The standard InChI is InChI=1S/C25H19ClN2O4/c1-16-8-10-17(11-9-16)15-32-21-7-2-4-18(12-21)13-22-23(29)27-25(31)28(24(22)30)20-6-3-5-19(26)14-20/h2-14H,15H2,1H3,(H,27,29,31)/b22-13-. The van der Waals surface area contributed by atoms with Crippen molar-refractivity contribution in [2.45, 2.75) is 13.5 Å². The molecule has 1 saturated heterocycles. The lowest BCUT2D eigenvalue weighted by Crippen LogP contribution is -2.54. The first kappa shape index (κ1) is 21.3. The summed E-state index contributed by atoms with van der Waals surface area (Å²) in [4.78, 5) is 38.6. The number of aryl methyl sites for hydroxylation is 1. The van der Waals surface area contributed by atoms with Gasteiger partial charge in [0.25, 0.3) is 11.8 Å². The maximum atomic E-state index is 13.0. The number of urea groups is 1. The van der Waals surface area contributed by atoms with Crippen molar-refractivity contribution < 1.29 is 19.1 Å². The van der Waals surface area contributed by atoms with Gasteiger partial charge in [0.05, 0.1) is 5.69 Å². The number of barbiturate groups is 1. The van der Waals surface area contributed by atoms with Crippen molar-refractivity contribution in [3.63, 3.8) is 0 Å². The number of hydrogen-bond donors (Lipinski definition) is 1. The highest BCUT2D eigenvalue weighted by Crippen LogP contribution is 2.25. The van der Waals surface area contributed by atoms with Gasteiger partial charge in [-0.2, -0.15) is 0 Å². The van der Waals surface area contributed by atoms with Crippen molar-refractivity contribution in [1.29, 1.82) is 0 Å². The smallest absolute Gasteiger partial charge is 0.335 e. The molecular formula is C25H19ClN2O4. The second-order valence-electron chi connectivity index (χ2n) is 7.28. The molecular weight excluding hydrogens is 428 g/mol. The Labute approximate surface area is 190 Å². The van der Waals surface area contributed by atoms with Crippen LogP contribution >= 0.6 is 11.6 Å². The molecule has 0 radical (unpaired) electrons. The lowest BCUT2D eigenvalue weighted by atomic mass is 10.1. The Hall–Kier alpha value is -3.90. The molecule has 1 aliphatic rings. The zero-order valence-electron chi connectivity index (χ0n) is 17.2. The maximum Gasteiger partial charge on any atom is 0.335 e. The number of imide groups is 2. The second kappa shape index (κ2) is 9.08. The Morgan fingerprint density at radius 3 is 2.47 bits per heavy atom. The minimum absolute atomic E-state index is 0.166. The van der Waals surface area contributed by atoms with Crippen LogP contribution in [0.1, 0.15) is 16.7 Å². The van der Waals surface area contributed by atoms with E-state index in [0.29, 0.717) is 22.9 Å². The largest absolute Gasteiger partial charge is 0.489 e. The molecule has 1 heterocycles. The molecule has 1 aliphatic heterocycles. The van der Waals surface area contributed by atoms with Gasteiger partial charge in [-0.3, -0.25) is 14.9 Å². The number of nitrogens with zero attached hydrogens (tertiary/aromatic N) is 1. The average Bonchev–Trinajstić information content (AvgIpc) is 2.76. The summed E-state index contributed by atoms with van der Waals surface area (Å²) in [6.45, 7) is 2.40. The number of ether oxygens (including phenoxy) is 1. The first-order valence-electron chi connectivity index (χ1n) is 9.86. The van der Waals surface area contributed by atoms with Gasteiger partial charge in [0, 0.05) is 5.02 Å². The van der Waals surface area contributed by atoms with Gasteiger partial charge in [-0.1, -0.05) is 59.6 Å². The van der Waals surface area contributed by atoms with E-state index in [1.54, 1.807) is 42.5 Å². The quantitative estimate of drug-likeness (QED) is 0.447. The summed E-state index contributed by atoms with van der Waals surface area (Å²) in [5, 5.41) is 2.56. The van der Waals surface area contributed by atoms with E-state index in [2.05, 4.69) is 5.32 Å². The summed E-state index contributed by atoms with van der Waals surface area (Å²) < 4.78 is 5.84. The second-order valence-corrected chi connectivity index (χ2v) is 7.72. The third-order valence-corrected chi connectivity index (χ3v) is 5.10. The zero-order valence-corrected chi connectivity index (χ0v) is 17.9. The van der Waals surface area contributed by atoms with Crippen LogP contribution in [0.25, 0.3) is 6.08 Å². The summed E-state index contributed by atoms with van der Waals surface area (Å²) in [5.74, 6) is -0.900. The van der Waals surface area contributed by atoms with Crippen molar-refractivity contribution in [2.24, 2.45) is 0 Å². The highest BCUT2D eigenvalue weighted by Gasteiger charge is 2.36. The van der Waals surface area contributed by atoms with E-state index in [0.717, 1.165) is 10.5 Å². The number of carbonyl (C=O) groups is 3. The maximum absolute atomic E-state index is 13.0. The normalized spacial score (nSPS) is 15.1. The van der Waals surface area contributed by atoms with Crippen molar-refractivity contribution in [3.05, 3.63) is 100 Å². The van der Waals surface area contributed by atoms with Crippen LogP contribution in [0.3, 0.4) is 0 Å². The van der Waals surface area contributed by atoms with E-state index in [9.17, 15) is 14.4 Å². The van der Waals surface area contributed by atoms with Crippen molar-refractivity contribution in [2.75, 3.05) is 4.90 Å². The van der Waals surface area contributed by atoms with Crippen LogP contribution in [0, 0.1) is 6.92 Å². The third-order valence-electron chi connectivity index (χ3n) is 4.86. The van der Waals surface area contributed by atoms with E-state index in [4.69, 9.17) is 16.3 Å². The highest BCUT2D eigenvalue weighted by molar-refractivity contribution is 6.39. The first-order chi connectivity index (χ1) is 15.4. The Morgan fingerprint density at radius 2 is 1.72 bits per heavy atom. The molecule has 32 heavy (non-hydrogen) atoms. The fourth-order valence-corrected chi connectivity index (χ4v) is 3.40. The van der Waals surface area contributed by atoms with E-state index < -0.39 is 17.8 Å². The van der Waals surface area contributed by atoms with Gasteiger partial charge in [-0.15, -0.1) is 0 Å². The molecule has 0 aliphatic carbocycles. The number of benzene rings is 3. The van der Waals surface area contributed by atoms with Crippen LogP contribution in [0.15, 0.2) is 78.4 Å². The molecule has 0 bridgehead atoms. The topological polar surface area (TPSA) is 75.7 Å². The van der Waals surface area contributed by atoms with E-state index in [1.807, 2.05) is 31.2 Å². The van der Waals surface area contributed by atoms with E-state index >= 15 is 0 Å². The summed E-state index contributed by atoms with van der Waals surface area (Å²) in [6.07, 6.45) is 1.43. The minimum Gasteiger partial charge on any atom is -0.489 e. The minimum atomic E-state index is -0.824. The molecule has 160 valence electrons. The molecule has 0 spiro atoms. The molecule has 3 aromatic rings. The van der Waals surface area contributed by atoms with Crippen LogP contribution in [0.4, 0.5) is 10.5 Å². The molecule has 6 nitrogen and oxygen atoms in total. The summed E-state index contributed by atoms with van der Waals surface area (Å²) in [5.41, 5.74) is 2.89. The predicted octanol–water partition coefficient (Wildman–Crippen LogP) is 4.89. The zero-order chi connectivity index (χ0) is 22.7. The van der Waals surface area contributed by atoms with Gasteiger partial charge in [0.1, 0.15) is 17.9 Å². The Morgan fingerprint density at radius 1 is 0.969 bits per heavy atom. The summed E-state index contributed by atoms with van der Waals surface area (Å²) >= 11 is 5.99. The third kappa shape index (κ3) is 4.71. The fourth-order valence-electron chi connectivity index (χ4n) is 3.22. The average molecular weight is 447 g/mol. The van der Waals surface area contributed by atoms with Crippen molar-refractivity contribution >= 4 is 41.2 Å². The molecule has 7 heteroatoms. The van der Waals surface area contributed by atoms with E-state index in [-0.39, 0.29) is 11.3 Å². The van der Waals surface area contributed by atoms with Crippen LogP contribution in [0.5, 0.6) is 5.75 Å². The molecule has 0 unspecified atom stereocenters. The number of hydrogen-bond acceptors (Lipinski definition) is 4. The van der Waals surface area contributed by atoms with Crippen LogP contribution in [-0.4, -0.2) is 17.8 Å². The lowest BCUT2D eigenvalue weighted by molar-refractivity contribution is -0.122. The number of nitrogens with one attached hydrogen (secondary N) is 1.